The van der Waals surface area contributed by atoms with E-state index in [0.29, 0.717) is 6.07 Å². The summed E-state index contributed by atoms with van der Waals surface area (Å²) in [7, 11) is 0. The first-order valence-corrected chi connectivity index (χ1v) is 4.95. The van der Waals surface area contributed by atoms with Crippen molar-refractivity contribution in [2.75, 3.05) is 6.61 Å². The van der Waals surface area contributed by atoms with Crippen LogP contribution in [0.5, 0.6) is 0 Å². The van der Waals surface area contributed by atoms with Crippen molar-refractivity contribution in [3.63, 3.8) is 0 Å². The smallest absolute Gasteiger partial charge is 0.328 e. The Bertz CT molecular complexity index is 533. The van der Waals surface area contributed by atoms with Gasteiger partial charge in [0.2, 0.25) is 0 Å². The third-order valence-corrected chi connectivity index (χ3v) is 2.19. The summed E-state index contributed by atoms with van der Waals surface area (Å²) in [4.78, 5) is 31.9. The van der Waals surface area contributed by atoms with E-state index in [1.165, 1.54) is 0 Å². The van der Waals surface area contributed by atoms with Crippen molar-refractivity contribution in [1.29, 1.82) is 0 Å². The number of carbonyl (C=O) groups excluding carboxylic acids is 1. The van der Waals surface area contributed by atoms with Crippen LogP contribution >= 0.6 is 0 Å². The van der Waals surface area contributed by atoms with Crippen LogP contribution in [0.15, 0.2) is 18.2 Å². The number of carbonyl (C=O) groups is 2. The zero-order chi connectivity index (χ0) is 14.6. The summed E-state index contributed by atoms with van der Waals surface area (Å²) in [6, 6.07) is 0.636. The number of carboxylic acid groups (broad SMARTS) is 1. The molecule has 0 bridgehead atoms. The molecule has 0 aliphatic carbocycles. The van der Waals surface area contributed by atoms with Crippen molar-refractivity contribution in [2.24, 2.45) is 0 Å². The van der Waals surface area contributed by atoms with Crippen molar-refractivity contribution in [2.45, 2.75) is 6.04 Å². The summed E-state index contributed by atoms with van der Waals surface area (Å²) in [5, 5.41) is 29.9. The highest BCUT2D eigenvalue weighted by Crippen LogP contribution is 2.19. The minimum absolute atomic E-state index is 0.494. The Kier molecular flexibility index (Phi) is 4.48. The summed E-state index contributed by atoms with van der Waals surface area (Å²) < 4.78 is 12.9. The minimum atomic E-state index is -1.60. The Balaban J connectivity index is 3.06. The lowest BCUT2D eigenvalue weighted by atomic mass is 10.1. The van der Waals surface area contributed by atoms with Gasteiger partial charge in [-0.15, -0.1) is 0 Å². The second-order valence-corrected chi connectivity index (χ2v) is 3.47. The number of aliphatic carboxylic acids is 1. The molecule has 1 amide bonds. The fourth-order valence-corrected chi connectivity index (χ4v) is 1.27. The molecule has 0 aliphatic rings. The molecule has 19 heavy (non-hydrogen) atoms. The van der Waals surface area contributed by atoms with Crippen LogP contribution in [-0.4, -0.2) is 39.7 Å². The standard InChI is InChI=1S/C10H9FN2O6/c11-5-1-2-6(8(3-5)13(18)19)9(15)12-7(4-14)10(16)17/h1-3,7,14H,4H2,(H,12,15)(H,16,17). The van der Waals surface area contributed by atoms with E-state index in [0.717, 1.165) is 12.1 Å². The van der Waals surface area contributed by atoms with Gasteiger partial charge < -0.3 is 15.5 Å². The van der Waals surface area contributed by atoms with Gasteiger partial charge in [0.05, 0.1) is 17.6 Å². The first-order chi connectivity index (χ1) is 8.86. The highest BCUT2D eigenvalue weighted by molar-refractivity contribution is 5.99. The Hall–Kier alpha value is -2.55. The van der Waals surface area contributed by atoms with Crippen LogP contribution in [0, 0.1) is 15.9 Å². The van der Waals surface area contributed by atoms with Crippen molar-refractivity contribution in [3.05, 3.63) is 39.7 Å². The van der Waals surface area contributed by atoms with Gasteiger partial charge in [0.15, 0.2) is 6.04 Å². The van der Waals surface area contributed by atoms with E-state index in [4.69, 9.17) is 10.2 Å². The predicted octanol–water partition coefficient (Wildman–Crippen LogP) is -0.0908. The molecule has 1 aromatic rings. The fraction of sp³-hybridized carbons (Fsp3) is 0.200. The summed E-state index contributed by atoms with van der Waals surface area (Å²) in [6.07, 6.45) is 0. The maximum Gasteiger partial charge on any atom is 0.328 e. The molecule has 1 rings (SSSR count). The average Bonchev–Trinajstić information content (AvgIpc) is 2.34. The number of hydrogen-bond donors (Lipinski definition) is 3. The van der Waals surface area contributed by atoms with Gasteiger partial charge in [0.25, 0.3) is 11.6 Å². The number of hydrogen-bond acceptors (Lipinski definition) is 5. The lowest BCUT2D eigenvalue weighted by Crippen LogP contribution is -2.43. The monoisotopic (exact) mass is 272 g/mol. The predicted molar refractivity (Wildman–Crippen MR) is 59.0 cm³/mol. The van der Waals surface area contributed by atoms with Crippen LogP contribution in [0.2, 0.25) is 0 Å². The van der Waals surface area contributed by atoms with Crippen molar-refractivity contribution >= 4 is 17.6 Å². The van der Waals surface area contributed by atoms with E-state index in [2.05, 4.69) is 0 Å². The number of rotatable bonds is 5. The second-order valence-electron chi connectivity index (χ2n) is 3.47. The molecule has 1 unspecified atom stereocenters. The Labute approximate surface area is 105 Å². The molecular formula is C10H9FN2O6. The molecule has 0 saturated heterocycles. The average molecular weight is 272 g/mol. The maximum absolute atomic E-state index is 12.9. The molecule has 102 valence electrons. The molecule has 0 fully saturated rings. The van der Waals surface area contributed by atoms with E-state index in [-0.39, 0.29) is 0 Å². The number of nitro groups is 1. The zero-order valence-corrected chi connectivity index (χ0v) is 9.37. The first kappa shape index (κ1) is 14.5. The summed E-state index contributed by atoms with van der Waals surface area (Å²) in [6.45, 7) is -0.879. The number of carboxylic acids is 1. The van der Waals surface area contributed by atoms with Gasteiger partial charge in [-0.3, -0.25) is 14.9 Å². The molecule has 0 saturated carbocycles. The number of nitrogens with one attached hydrogen (secondary N) is 1. The van der Waals surface area contributed by atoms with Gasteiger partial charge in [-0.2, -0.15) is 0 Å². The largest absolute Gasteiger partial charge is 0.480 e. The minimum Gasteiger partial charge on any atom is -0.480 e. The number of benzene rings is 1. The van der Waals surface area contributed by atoms with E-state index < -0.39 is 46.5 Å². The Morgan fingerprint density at radius 3 is 2.58 bits per heavy atom. The molecule has 0 aromatic heterocycles. The molecule has 8 nitrogen and oxygen atoms in total. The molecule has 1 aromatic carbocycles. The third kappa shape index (κ3) is 3.45. The Morgan fingerprint density at radius 1 is 1.47 bits per heavy atom. The second kappa shape index (κ2) is 5.87. The number of aliphatic hydroxyl groups excluding tert-OH is 1. The van der Waals surface area contributed by atoms with Gasteiger partial charge in [-0.1, -0.05) is 0 Å². The van der Waals surface area contributed by atoms with Crippen molar-refractivity contribution < 1.29 is 29.1 Å². The number of nitrogens with zero attached hydrogens (tertiary/aromatic N) is 1. The maximum atomic E-state index is 12.9. The molecule has 0 spiro atoms. The SMILES string of the molecule is O=C(NC(CO)C(=O)O)c1ccc(F)cc1[N+](=O)[O-]. The van der Waals surface area contributed by atoms with Crippen LogP contribution in [0.3, 0.4) is 0 Å². The van der Waals surface area contributed by atoms with Gasteiger partial charge in [-0.25, -0.2) is 9.18 Å². The van der Waals surface area contributed by atoms with E-state index in [1.807, 2.05) is 5.32 Å². The highest BCUT2D eigenvalue weighted by atomic mass is 19.1. The number of amides is 1. The lowest BCUT2D eigenvalue weighted by Gasteiger charge is -2.11. The number of aliphatic hydroxyl groups is 1. The van der Waals surface area contributed by atoms with Gasteiger partial charge in [0, 0.05) is 0 Å². The number of halogens is 1. The lowest BCUT2D eigenvalue weighted by molar-refractivity contribution is -0.385. The molecule has 1 atom stereocenters. The molecule has 3 N–H and O–H groups in total. The summed E-state index contributed by atoms with van der Waals surface area (Å²) in [5.41, 5.74) is -1.29. The quantitative estimate of drug-likeness (QED) is 0.507. The normalized spacial score (nSPS) is 11.7. The van der Waals surface area contributed by atoms with E-state index >= 15 is 0 Å². The molecule has 9 heteroatoms. The van der Waals surface area contributed by atoms with Crippen LogP contribution in [0.25, 0.3) is 0 Å². The fourth-order valence-electron chi connectivity index (χ4n) is 1.27. The topological polar surface area (TPSA) is 130 Å². The number of nitro benzene ring substituents is 1. The van der Waals surface area contributed by atoms with Crippen molar-refractivity contribution in [1.82, 2.24) is 5.32 Å². The van der Waals surface area contributed by atoms with Gasteiger partial charge >= 0.3 is 5.97 Å². The Morgan fingerprint density at radius 2 is 2.11 bits per heavy atom. The van der Waals surface area contributed by atoms with Crippen molar-refractivity contribution in [3.8, 4) is 0 Å². The molecule has 0 aliphatic heterocycles. The van der Waals surface area contributed by atoms with E-state index in [9.17, 15) is 24.1 Å². The molecular weight excluding hydrogens is 263 g/mol. The molecule has 0 heterocycles. The zero-order valence-electron chi connectivity index (χ0n) is 9.37. The molecule has 0 radical (unpaired) electrons. The van der Waals surface area contributed by atoms with Crippen LogP contribution in [0.4, 0.5) is 10.1 Å². The van der Waals surface area contributed by atoms with Crippen LogP contribution in [-0.2, 0) is 4.79 Å². The first-order valence-electron chi connectivity index (χ1n) is 4.95. The third-order valence-electron chi connectivity index (χ3n) is 2.19. The van der Waals surface area contributed by atoms with Gasteiger partial charge in [0.1, 0.15) is 11.4 Å². The van der Waals surface area contributed by atoms with Gasteiger partial charge in [-0.05, 0) is 12.1 Å². The summed E-state index contributed by atoms with van der Waals surface area (Å²) >= 11 is 0. The summed E-state index contributed by atoms with van der Waals surface area (Å²) in [5.74, 6) is -3.49. The van der Waals surface area contributed by atoms with E-state index in [1.54, 1.807) is 0 Å². The van der Waals surface area contributed by atoms with Crippen LogP contribution < -0.4 is 5.32 Å². The van der Waals surface area contributed by atoms with Crippen LogP contribution in [0.1, 0.15) is 10.4 Å². The highest BCUT2D eigenvalue weighted by Gasteiger charge is 2.25.